The van der Waals surface area contributed by atoms with Gasteiger partial charge in [-0.05, 0) is 18.2 Å². The molecule has 0 fully saturated rings. The van der Waals surface area contributed by atoms with Gasteiger partial charge in [0, 0.05) is 18.7 Å². The van der Waals surface area contributed by atoms with Crippen LogP contribution in [0.5, 0.6) is 0 Å². The molecule has 0 atom stereocenters. The van der Waals surface area contributed by atoms with E-state index in [4.69, 9.17) is 0 Å². The molecule has 0 aliphatic heterocycles. The maximum Gasteiger partial charge on any atom is 0.431 e. The number of amides is 1. The van der Waals surface area contributed by atoms with E-state index in [1.54, 1.807) is 24.3 Å². The number of hydrogen-bond acceptors (Lipinski definition) is 6. The first-order chi connectivity index (χ1) is 16.1. The Morgan fingerprint density at radius 2 is 1.74 bits per heavy atom. The van der Waals surface area contributed by atoms with E-state index in [0.29, 0.717) is 9.57 Å². The molecule has 8 nitrogen and oxygen atoms in total. The van der Waals surface area contributed by atoms with Crippen molar-refractivity contribution in [3.05, 3.63) is 92.5 Å². The molecule has 0 unspecified atom stereocenters. The third-order valence-electron chi connectivity index (χ3n) is 4.73. The smallest absolute Gasteiger partial charge is 0.296 e. The molecule has 1 N–H and O–H groups in total. The number of nitrogens with zero attached hydrogens (tertiary/aromatic N) is 4. The molecule has 174 valence electrons. The van der Waals surface area contributed by atoms with Crippen molar-refractivity contribution in [3.63, 3.8) is 0 Å². The number of rotatable bonds is 4. The highest BCUT2D eigenvalue weighted by Crippen LogP contribution is 2.28. The zero-order valence-electron chi connectivity index (χ0n) is 17.1. The fourth-order valence-electron chi connectivity index (χ4n) is 3.10. The Balaban J connectivity index is 1.68. The van der Waals surface area contributed by atoms with Crippen LogP contribution in [0.1, 0.15) is 16.1 Å². The number of hydrogen-bond donors (Lipinski definition) is 1. The summed E-state index contributed by atoms with van der Waals surface area (Å²) < 4.78 is 54.2. The molecule has 34 heavy (non-hydrogen) atoms. The van der Waals surface area contributed by atoms with E-state index in [9.17, 15) is 31.9 Å². The molecular weight excluding hydrogens is 478 g/mol. The van der Waals surface area contributed by atoms with Crippen LogP contribution < -0.4 is 16.6 Å². The van der Waals surface area contributed by atoms with Gasteiger partial charge in [0.1, 0.15) is 16.5 Å². The Kier molecular flexibility index (Phi) is 5.87. The Bertz CT molecular complexity index is 1510. The van der Waals surface area contributed by atoms with Gasteiger partial charge < -0.3 is 0 Å². The summed E-state index contributed by atoms with van der Waals surface area (Å²) in [7, 11) is 0.845. The third-order valence-corrected chi connectivity index (χ3v) is 5.62. The number of carbonyl (C=O) groups is 1. The molecule has 13 heteroatoms. The average Bonchev–Trinajstić information content (AvgIpc) is 3.25. The topological polar surface area (TPSA) is 98.9 Å². The molecule has 1 amide bonds. The van der Waals surface area contributed by atoms with Crippen molar-refractivity contribution in [2.45, 2.75) is 6.18 Å². The van der Waals surface area contributed by atoms with Gasteiger partial charge in [-0.25, -0.2) is 13.8 Å². The van der Waals surface area contributed by atoms with Crippen molar-refractivity contribution in [2.75, 3.05) is 5.32 Å². The van der Waals surface area contributed by atoms with Gasteiger partial charge in [0.25, 0.3) is 11.5 Å². The van der Waals surface area contributed by atoms with Crippen molar-refractivity contribution in [1.82, 2.24) is 19.3 Å². The molecule has 0 aliphatic rings. The van der Waals surface area contributed by atoms with Crippen molar-refractivity contribution in [1.29, 1.82) is 0 Å². The van der Waals surface area contributed by atoms with E-state index in [1.165, 1.54) is 0 Å². The van der Waals surface area contributed by atoms with Gasteiger partial charge in [0.2, 0.25) is 5.13 Å². The summed E-state index contributed by atoms with van der Waals surface area (Å²) in [5.74, 6) is -1.93. The van der Waals surface area contributed by atoms with Crippen LogP contribution in [0.2, 0.25) is 0 Å². The number of aromatic nitrogens is 4. The van der Waals surface area contributed by atoms with Gasteiger partial charge in [-0.1, -0.05) is 41.7 Å². The van der Waals surface area contributed by atoms with Crippen LogP contribution in [0.15, 0.2) is 64.2 Å². The van der Waals surface area contributed by atoms with Crippen LogP contribution in [-0.2, 0) is 13.2 Å². The Labute approximate surface area is 191 Å². The lowest BCUT2D eigenvalue weighted by Crippen LogP contribution is -2.40. The van der Waals surface area contributed by atoms with Gasteiger partial charge in [-0.3, -0.25) is 19.5 Å². The zero-order chi connectivity index (χ0) is 24.6. The third kappa shape index (κ3) is 4.37. The zero-order valence-corrected chi connectivity index (χ0v) is 17.9. The monoisotopic (exact) mass is 491 g/mol. The SMILES string of the molecule is Cn1c(C(F)(F)F)cc(=O)n(-c2ccc(F)c(C(=O)Nc3nnc(-c4ccccc4)s3)c2)c1=O. The van der Waals surface area contributed by atoms with E-state index in [-0.39, 0.29) is 21.5 Å². The lowest BCUT2D eigenvalue weighted by Gasteiger charge is -2.14. The van der Waals surface area contributed by atoms with Crippen molar-refractivity contribution >= 4 is 22.4 Å². The van der Waals surface area contributed by atoms with Crippen molar-refractivity contribution < 1.29 is 22.4 Å². The number of benzene rings is 2. The minimum atomic E-state index is -4.93. The summed E-state index contributed by atoms with van der Waals surface area (Å²) in [6, 6.07) is 11.9. The maximum absolute atomic E-state index is 14.4. The fourth-order valence-corrected chi connectivity index (χ4v) is 3.84. The minimum Gasteiger partial charge on any atom is -0.296 e. The maximum atomic E-state index is 14.4. The summed E-state index contributed by atoms with van der Waals surface area (Å²) in [6.07, 6.45) is -4.93. The summed E-state index contributed by atoms with van der Waals surface area (Å²) in [5.41, 5.74) is -4.12. The Hall–Kier alpha value is -4.13. The van der Waals surface area contributed by atoms with Gasteiger partial charge in [0.15, 0.2) is 0 Å². The van der Waals surface area contributed by atoms with Crippen LogP contribution in [0.25, 0.3) is 16.3 Å². The molecule has 4 rings (SSSR count). The molecule has 0 saturated carbocycles. The first kappa shape index (κ1) is 23.0. The lowest BCUT2D eigenvalue weighted by atomic mass is 10.1. The predicted octanol–water partition coefficient (Wildman–Crippen LogP) is 3.46. The number of anilines is 1. The van der Waals surface area contributed by atoms with Crippen LogP contribution >= 0.6 is 11.3 Å². The number of nitrogens with one attached hydrogen (secondary N) is 1. The first-order valence-corrected chi connectivity index (χ1v) is 10.3. The minimum absolute atomic E-state index is 0.0660. The van der Waals surface area contributed by atoms with Crippen LogP contribution in [0, 0.1) is 5.82 Å². The van der Waals surface area contributed by atoms with Crippen molar-refractivity contribution in [3.8, 4) is 16.3 Å². The number of alkyl halides is 3. The molecule has 0 bridgehead atoms. The number of halogens is 4. The molecule has 0 saturated heterocycles. The van der Waals surface area contributed by atoms with Gasteiger partial charge in [-0.2, -0.15) is 13.2 Å². The van der Waals surface area contributed by atoms with Crippen molar-refractivity contribution in [2.24, 2.45) is 7.05 Å². The molecule has 4 aromatic rings. The molecule has 0 aliphatic carbocycles. The van der Waals surface area contributed by atoms with Crippen LogP contribution in [0.4, 0.5) is 22.7 Å². The molecular formula is C21H13F4N5O3S. The standard InChI is InChI=1S/C21H13F4N5O3S/c1-29-15(21(23,24)25)10-16(31)30(20(29)33)12-7-8-14(22)13(9-12)17(32)26-19-28-27-18(34-19)11-5-3-2-4-6-11/h2-10H,1H3,(H,26,28,32). The molecule has 2 aromatic carbocycles. The van der Waals surface area contributed by atoms with E-state index < -0.39 is 40.4 Å². The van der Waals surface area contributed by atoms with E-state index in [2.05, 4.69) is 15.5 Å². The van der Waals surface area contributed by atoms with E-state index in [1.807, 2.05) is 6.07 Å². The second-order valence-corrected chi connectivity index (χ2v) is 7.92. The molecule has 0 radical (unpaired) electrons. The molecule has 2 heterocycles. The van der Waals surface area contributed by atoms with Crippen LogP contribution in [0.3, 0.4) is 0 Å². The molecule has 2 aromatic heterocycles. The van der Waals surface area contributed by atoms with Gasteiger partial charge in [0.05, 0.1) is 11.3 Å². The summed E-state index contributed by atoms with van der Waals surface area (Å²) >= 11 is 1.03. The highest BCUT2D eigenvalue weighted by molar-refractivity contribution is 7.18. The predicted molar refractivity (Wildman–Crippen MR) is 116 cm³/mol. The van der Waals surface area contributed by atoms with Gasteiger partial charge >= 0.3 is 11.9 Å². The van der Waals surface area contributed by atoms with E-state index >= 15 is 0 Å². The highest BCUT2D eigenvalue weighted by Gasteiger charge is 2.35. The number of carbonyl (C=O) groups excluding carboxylic acids is 1. The fraction of sp³-hybridized carbons (Fsp3) is 0.0952. The Morgan fingerprint density at radius 3 is 2.41 bits per heavy atom. The highest BCUT2D eigenvalue weighted by atomic mass is 32.1. The normalized spacial score (nSPS) is 11.4. The second-order valence-electron chi connectivity index (χ2n) is 6.94. The van der Waals surface area contributed by atoms with E-state index in [0.717, 1.165) is 42.1 Å². The average molecular weight is 491 g/mol. The molecule has 0 spiro atoms. The van der Waals surface area contributed by atoms with Crippen LogP contribution in [-0.4, -0.2) is 25.2 Å². The Morgan fingerprint density at radius 1 is 1.03 bits per heavy atom. The first-order valence-electron chi connectivity index (χ1n) is 9.47. The quantitative estimate of drug-likeness (QED) is 0.441. The van der Waals surface area contributed by atoms with Gasteiger partial charge in [-0.15, -0.1) is 10.2 Å². The lowest BCUT2D eigenvalue weighted by molar-refractivity contribution is -0.144. The largest absolute Gasteiger partial charge is 0.431 e. The second kappa shape index (κ2) is 8.67. The summed E-state index contributed by atoms with van der Waals surface area (Å²) in [4.78, 5) is 37.4. The summed E-state index contributed by atoms with van der Waals surface area (Å²) in [5, 5.41) is 10.8. The summed E-state index contributed by atoms with van der Waals surface area (Å²) in [6.45, 7) is 0.